The van der Waals surface area contributed by atoms with Crippen LogP contribution in [-0.4, -0.2) is 47.7 Å². The summed E-state index contributed by atoms with van der Waals surface area (Å²) >= 11 is 0. The van der Waals surface area contributed by atoms with Crippen LogP contribution in [0.1, 0.15) is 20.3 Å². The molecule has 2 rings (SSSR count). The molecule has 0 bridgehead atoms. The number of carbonyl (C=O) groups is 2. The van der Waals surface area contributed by atoms with Crippen LogP contribution in [0.4, 0.5) is 0 Å². The van der Waals surface area contributed by atoms with Gasteiger partial charge < -0.3 is 14.7 Å². The zero-order valence-corrected chi connectivity index (χ0v) is 10.3. The highest BCUT2D eigenvalue weighted by Crippen LogP contribution is 2.28. The van der Waals surface area contributed by atoms with Crippen molar-refractivity contribution in [2.75, 3.05) is 19.7 Å². The third-order valence-corrected chi connectivity index (χ3v) is 3.95. The Kier molecular flexibility index (Phi) is 3.38. The van der Waals surface area contributed by atoms with Gasteiger partial charge in [-0.15, -0.1) is 0 Å². The minimum Gasteiger partial charge on any atom is -0.481 e. The third kappa shape index (κ3) is 2.29. The van der Waals surface area contributed by atoms with Gasteiger partial charge in [0.25, 0.3) is 5.91 Å². The molecule has 2 fully saturated rings. The lowest BCUT2D eigenvalue weighted by Gasteiger charge is -2.42. The number of hydrogen-bond donors (Lipinski definition) is 1. The normalized spacial score (nSPS) is 31.1. The second-order valence-electron chi connectivity index (χ2n) is 5.19. The van der Waals surface area contributed by atoms with E-state index in [-0.39, 0.29) is 29.8 Å². The molecule has 2 aliphatic heterocycles. The molecule has 17 heavy (non-hydrogen) atoms. The Morgan fingerprint density at radius 3 is 2.53 bits per heavy atom. The number of rotatable bonds is 3. The molecular formula is C12H19NO4. The molecule has 2 saturated heterocycles. The van der Waals surface area contributed by atoms with Crippen molar-refractivity contribution in [3.05, 3.63) is 0 Å². The van der Waals surface area contributed by atoms with E-state index in [0.29, 0.717) is 19.7 Å². The van der Waals surface area contributed by atoms with Crippen LogP contribution in [0, 0.1) is 17.8 Å². The molecule has 1 N–H and O–H groups in total. The van der Waals surface area contributed by atoms with Crippen molar-refractivity contribution >= 4 is 11.9 Å². The lowest BCUT2D eigenvalue weighted by molar-refractivity contribution is -0.156. The van der Waals surface area contributed by atoms with E-state index >= 15 is 0 Å². The maximum atomic E-state index is 12.0. The van der Waals surface area contributed by atoms with Gasteiger partial charge >= 0.3 is 5.97 Å². The Morgan fingerprint density at radius 2 is 2.06 bits per heavy atom. The number of ether oxygens (including phenoxy) is 1. The molecule has 0 radical (unpaired) electrons. The molecule has 0 aromatic carbocycles. The van der Waals surface area contributed by atoms with Crippen LogP contribution in [0.15, 0.2) is 0 Å². The van der Waals surface area contributed by atoms with Gasteiger partial charge in [-0.1, -0.05) is 13.8 Å². The van der Waals surface area contributed by atoms with Gasteiger partial charge in [0, 0.05) is 25.6 Å². The molecule has 0 saturated carbocycles. The van der Waals surface area contributed by atoms with Gasteiger partial charge in [-0.3, -0.25) is 9.59 Å². The quantitative estimate of drug-likeness (QED) is 0.785. The topological polar surface area (TPSA) is 66.8 Å². The van der Waals surface area contributed by atoms with Crippen LogP contribution in [0.25, 0.3) is 0 Å². The number of likely N-dealkylation sites (tertiary alicyclic amines) is 1. The minimum atomic E-state index is -0.785. The maximum absolute atomic E-state index is 12.0. The summed E-state index contributed by atoms with van der Waals surface area (Å²) in [6, 6.07) is 0. The standard InChI is InChI=1S/C12H19NO4/c1-7-3-4-17-10(7)11(14)13-5-9(6-13)8(2)12(15)16/h7-10H,3-6H2,1-2H3,(H,15,16). The van der Waals surface area contributed by atoms with Crippen molar-refractivity contribution < 1.29 is 19.4 Å². The highest BCUT2D eigenvalue weighted by molar-refractivity contribution is 5.82. The maximum Gasteiger partial charge on any atom is 0.306 e. The fourth-order valence-electron chi connectivity index (χ4n) is 2.40. The van der Waals surface area contributed by atoms with Crippen molar-refractivity contribution in [3.63, 3.8) is 0 Å². The predicted octanol–water partition coefficient (Wildman–Crippen LogP) is 0.591. The lowest BCUT2D eigenvalue weighted by Crippen LogP contribution is -2.56. The first-order valence-electron chi connectivity index (χ1n) is 6.14. The Labute approximate surface area is 101 Å². The Bertz CT molecular complexity index is 324. The van der Waals surface area contributed by atoms with Crippen LogP contribution in [0.5, 0.6) is 0 Å². The molecule has 96 valence electrons. The van der Waals surface area contributed by atoms with Gasteiger partial charge in [0.1, 0.15) is 6.10 Å². The second-order valence-corrected chi connectivity index (χ2v) is 5.19. The largest absolute Gasteiger partial charge is 0.481 e. The predicted molar refractivity (Wildman–Crippen MR) is 60.4 cm³/mol. The summed E-state index contributed by atoms with van der Waals surface area (Å²) in [4.78, 5) is 24.5. The number of aliphatic carboxylic acids is 1. The van der Waals surface area contributed by atoms with E-state index in [1.54, 1.807) is 11.8 Å². The molecule has 2 aliphatic rings. The Hall–Kier alpha value is -1.10. The third-order valence-electron chi connectivity index (χ3n) is 3.95. The van der Waals surface area contributed by atoms with E-state index in [9.17, 15) is 9.59 Å². The van der Waals surface area contributed by atoms with Gasteiger partial charge in [0.05, 0.1) is 5.92 Å². The first-order chi connectivity index (χ1) is 8.00. The average Bonchev–Trinajstić information content (AvgIpc) is 2.61. The van der Waals surface area contributed by atoms with Crippen LogP contribution >= 0.6 is 0 Å². The highest BCUT2D eigenvalue weighted by Gasteiger charge is 2.42. The first kappa shape index (κ1) is 12.4. The molecule has 0 aromatic rings. The van der Waals surface area contributed by atoms with Gasteiger partial charge in [0.15, 0.2) is 0 Å². The first-order valence-corrected chi connectivity index (χ1v) is 6.14. The summed E-state index contributed by atoms with van der Waals surface area (Å²) in [5, 5.41) is 8.87. The monoisotopic (exact) mass is 241 g/mol. The van der Waals surface area contributed by atoms with Crippen molar-refractivity contribution in [1.82, 2.24) is 4.90 Å². The fraction of sp³-hybridized carbons (Fsp3) is 0.833. The van der Waals surface area contributed by atoms with Crippen molar-refractivity contribution in [2.24, 2.45) is 17.8 Å². The van der Waals surface area contributed by atoms with Crippen LogP contribution in [-0.2, 0) is 14.3 Å². The van der Waals surface area contributed by atoms with Crippen molar-refractivity contribution in [2.45, 2.75) is 26.4 Å². The number of hydrogen-bond acceptors (Lipinski definition) is 3. The van der Waals surface area contributed by atoms with Crippen molar-refractivity contribution in [1.29, 1.82) is 0 Å². The summed E-state index contributed by atoms with van der Waals surface area (Å²) in [5.74, 6) is -0.760. The zero-order valence-electron chi connectivity index (χ0n) is 10.3. The second kappa shape index (κ2) is 4.64. The summed E-state index contributed by atoms with van der Waals surface area (Å²) < 4.78 is 5.42. The van der Waals surface area contributed by atoms with E-state index in [1.807, 2.05) is 6.92 Å². The van der Waals surface area contributed by atoms with Gasteiger partial charge in [-0.25, -0.2) is 0 Å². The molecule has 5 nitrogen and oxygen atoms in total. The van der Waals surface area contributed by atoms with Gasteiger partial charge in [0.2, 0.25) is 0 Å². The summed E-state index contributed by atoms with van der Waals surface area (Å²) in [5.41, 5.74) is 0. The number of carbonyl (C=O) groups excluding carboxylic acids is 1. The number of carboxylic acids is 1. The number of amides is 1. The smallest absolute Gasteiger partial charge is 0.306 e. The fourth-order valence-corrected chi connectivity index (χ4v) is 2.40. The SMILES string of the molecule is CC1CCOC1C(=O)N1CC(C(C)C(=O)O)C1. The number of carboxylic acid groups (broad SMARTS) is 1. The zero-order chi connectivity index (χ0) is 12.6. The van der Waals surface area contributed by atoms with Gasteiger partial charge in [-0.05, 0) is 12.3 Å². The molecule has 0 aromatic heterocycles. The molecule has 3 atom stereocenters. The van der Waals surface area contributed by atoms with Crippen molar-refractivity contribution in [3.8, 4) is 0 Å². The van der Waals surface area contributed by atoms with Crippen LogP contribution in [0.3, 0.4) is 0 Å². The summed E-state index contributed by atoms with van der Waals surface area (Å²) in [6.45, 7) is 5.48. The van der Waals surface area contributed by atoms with Crippen LogP contribution < -0.4 is 0 Å². The summed E-state index contributed by atoms with van der Waals surface area (Å²) in [6.07, 6.45) is 0.621. The summed E-state index contributed by atoms with van der Waals surface area (Å²) in [7, 11) is 0. The lowest BCUT2D eigenvalue weighted by atomic mass is 9.86. The minimum absolute atomic E-state index is 0.0313. The molecule has 3 unspecified atom stereocenters. The van der Waals surface area contributed by atoms with Gasteiger partial charge in [-0.2, -0.15) is 0 Å². The molecule has 2 heterocycles. The average molecular weight is 241 g/mol. The van der Waals surface area contributed by atoms with E-state index in [1.165, 1.54) is 0 Å². The Morgan fingerprint density at radius 1 is 1.41 bits per heavy atom. The van der Waals surface area contributed by atoms with E-state index in [2.05, 4.69) is 0 Å². The van der Waals surface area contributed by atoms with Crippen LogP contribution in [0.2, 0.25) is 0 Å². The van der Waals surface area contributed by atoms with E-state index < -0.39 is 5.97 Å². The Balaban J connectivity index is 1.83. The molecule has 1 amide bonds. The number of nitrogens with zero attached hydrogens (tertiary/aromatic N) is 1. The highest BCUT2D eigenvalue weighted by atomic mass is 16.5. The molecule has 5 heteroatoms. The molecule has 0 spiro atoms. The van der Waals surface area contributed by atoms with E-state index in [0.717, 1.165) is 6.42 Å². The molecule has 0 aliphatic carbocycles. The van der Waals surface area contributed by atoms with E-state index in [4.69, 9.17) is 9.84 Å². The molecular weight excluding hydrogens is 222 g/mol.